The fraction of sp³-hybridized carbons (Fsp3) is 0.200. The summed E-state index contributed by atoms with van der Waals surface area (Å²) < 4.78 is 2.06. The first-order valence-corrected chi connectivity index (χ1v) is 6.30. The number of nitrogens with zero attached hydrogens (tertiary/aromatic N) is 4. The third-order valence-electron chi connectivity index (χ3n) is 2.39. The van der Waals surface area contributed by atoms with E-state index in [1.54, 1.807) is 16.8 Å². The molecule has 2 rings (SSSR count). The van der Waals surface area contributed by atoms with Crippen molar-refractivity contribution in [2.24, 2.45) is 0 Å². The van der Waals surface area contributed by atoms with Crippen molar-refractivity contribution in [1.29, 1.82) is 0 Å². The molecule has 1 aromatic heterocycles. The molecule has 1 aromatic carbocycles. The Kier molecular flexibility index (Phi) is 3.93. The van der Waals surface area contributed by atoms with Gasteiger partial charge in [-0.05, 0) is 21.5 Å². The van der Waals surface area contributed by atoms with Crippen molar-refractivity contribution in [2.75, 3.05) is 0 Å². The van der Waals surface area contributed by atoms with Gasteiger partial charge < -0.3 is 0 Å². The van der Waals surface area contributed by atoms with Crippen LogP contribution in [0.1, 0.15) is 11.4 Å². The van der Waals surface area contributed by atoms with E-state index in [1.807, 2.05) is 0 Å². The van der Waals surface area contributed by atoms with Gasteiger partial charge in [0, 0.05) is 6.07 Å². The summed E-state index contributed by atoms with van der Waals surface area (Å²) in [5, 5.41) is 14.8. The Morgan fingerprint density at radius 3 is 2.94 bits per heavy atom. The predicted molar refractivity (Wildman–Crippen MR) is 69.5 cm³/mol. The monoisotopic (exact) mass is 330 g/mol. The highest BCUT2D eigenvalue weighted by Crippen LogP contribution is 2.28. The Morgan fingerprint density at radius 2 is 2.28 bits per heavy atom. The van der Waals surface area contributed by atoms with Gasteiger partial charge in [0.25, 0.3) is 5.69 Å². The van der Waals surface area contributed by atoms with Crippen LogP contribution in [0.2, 0.25) is 0 Å². The molecule has 94 valence electrons. The van der Waals surface area contributed by atoms with E-state index in [4.69, 9.17) is 11.6 Å². The number of alkyl halides is 1. The van der Waals surface area contributed by atoms with E-state index in [0.29, 0.717) is 16.8 Å². The summed E-state index contributed by atoms with van der Waals surface area (Å²) in [6.07, 6.45) is 1.41. The predicted octanol–water partition coefficient (Wildman–Crippen LogP) is 2.74. The summed E-state index contributed by atoms with van der Waals surface area (Å²) in [7, 11) is 0. The molecule has 0 saturated heterocycles. The van der Waals surface area contributed by atoms with Crippen molar-refractivity contribution in [3.8, 4) is 0 Å². The topological polar surface area (TPSA) is 73.8 Å². The largest absolute Gasteiger partial charge is 0.283 e. The smallest absolute Gasteiger partial charge is 0.258 e. The van der Waals surface area contributed by atoms with Gasteiger partial charge in [-0.25, -0.2) is 9.67 Å². The Morgan fingerprint density at radius 1 is 1.50 bits per heavy atom. The van der Waals surface area contributed by atoms with Crippen LogP contribution in [0.3, 0.4) is 0 Å². The van der Waals surface area contributed by atoms with Crippen LogP contribution in [0.25, 0.3) is 0 Å². The fourth-order valence-electron chi connectivity index (χ4n) is 1.51. The lowest BCUT2D eigenvalue weighted by Crippen LogP contribution is -2.07. The first kappa shape index (κ1) is 13.0. The minimum absolute atomic E-state index is 0.0278. The fourth-order valence-corrected chi connectivity index (χ4v) is 2.26. The van der Waals surface area contributed by atoms with Crippen molar-refractivity contribution in [3.63, 3.8) is 0 Å². The molecule has 2 aromatic rings. The van der Waals surface area contributed by atoms with Gasteiger partial charge in [-0.2, -0.15) is 5.10 Å². The number of rotatable bonds is 4. The molecule has 0 amide bonds. The maximum Gasteiger partial charge on any atom is 0.283 e. The average molecular weight is 332 g/mol. The number of aromatic nitrogens is 3. The lowest BCUT2D eigenvalue weighted by molar-refractivity contribution is -0.385. The van der Waals surface area contributed by atoms with Crippen molar-refractivity contribution in [2.45, 2.75) is 12.4 Å². The Bertz CT molecular complexity index is 587. The highest BCUT2D eigenvalue weighted by atomic mass is 79.9. The summed E-state index contributed by atoms with van der Waals surface area (Å²) in [5.74, 6) is 0.863. The second-order valence-electron chi connectivity index (χ2n) is 3.47. The second kappa shape index (κ2) is 5.45. The Hall–Kier alpha value is -1.47. The van der Waals surface area contributed by atoms with Crippen molar-refractivity contribution < 1.29 is 4.92 Å². The number of nitro benzene ring substituents is 1. The molecule has 6 nitrogen and oxygen atoms in total. The summed E-state index contributed by atoms with van der Waals surface area (Å²) in [6.45, 7) is 0.379. The van der Waals surface area contributed by atoms with E-state index >= 15 is 0 Å². The number of nitro groups is 1. The first-order chi connectivity index (χ1) is 8.63. The van der Waals surface area contributed by atoms with Gasteiger partial charge in [-0.3, -0.25) is 10.1 Å². The minimum Gasteiger partial charge on any atom is -0.258 e. The summed E-state index contributed by atoms with van der Waals surface area (Å²) in [5.41, 5.74) is 0.779. The maximum atomic E-state index is 10.8. The molecule has 0 unspecified atom stereocenters. The van der Waals surface area contributed by atoms with Crippen molar-refractivity contribution in [3.05, 3.63) is 50.5 Å². The summed E-state index contributed by atoms with van der Waals surface area (Å²) >= 11 is 8.96. The van der Waals surface area contributed by atoms with Crippen LogP contribution in [0.5, 0.6) is 0 Å². The molecule has 0 radical (unpaired) electrons. The molecule has 0 spiro atoms. The maximum absolute atomic E-state index is 10.8. The number of halogens is 2. The molecule has 0 aliphatic heterocycles. The van der Waals surface area contributed by atoms with Gasteiger partial charge in [0.1, 0.15) is 16.6 Å². The molecule has 0 N–H and O–H groups in total. The third kappa shape index (κ3) is 2.51. The highest BCUT2D eigenvalue weighted by Gasteiger charge is 2.15. The molecule has 1 heterocycles. The SMILES string of the molecule is O=[N+]([O-])c1cccc(Cn2ncnc2CCl)c1Br. The lowest BCUT2D eigenvalue weighted by Gasteiger charge is -2.06. The molecule has 0 atom stereocenters. The summed E-state index contributed by atoms with van der Waals surface area (Å²) in [4.78, 5) is 14.4. The van der Waals surface area contributed by atoms with E-state index in [-0.39, 0.29) is 11.6 Å². The van der Waals surface area contributed by atoms with Gasteiger partial charge in [0.2, 0.25) is 0 Å². The van der Waals surface area contributed by atoms with Crippen LogP contribution < -0.4 is 0 Å². The second-order valence-corrected chi connectivity index (χ2v) is 4.54. The van der Waals surface area contributed by atoms with Gasteiger partial charge in [0.05, 0.1) is 17.3 Å². The molecule has 0 bridgehead atoms. The van der Waals surface area contributed by atoms with Crippen LogP contribution >= 0.6 is 27.5 Å². The van der Waals surface area contributed by atoms with E-state index in [1.165, 1.54) is 12.4 Å². The number of hydrogen-bond acceptors (Lipinski definition) is 4. The lowest BCUT2D eigenvalue weighted by atomic mass is 10.2. The first-order valence-electron chi connectivity index (χ1n) is 4.98. The molecule has 0 saturated carbocycles. The average Bonchev–Trinajstić information content (AvgIpc) is 2.78. The quantitative estimate of drug-likeness (QED) is 0.490. The molecule has 18 heavy (non-hydrogen) atoms. The van der Waals surface area contributed by atoms with Crippen molar-refractivity contribution >= 4 is 33.2 Å². The van der Waals surface area contributed by atoms with E-state index in [2.05, 4.69) is 26.0 Å². The number of benzene rings is 1. The number of hydrogen-bond donors (Lipinski definition) is 0. The highest BCUT2D eigenvalue weighted by molar-refractivity contribution is 9.10. The van der Waals surface area contributed by atoms with Crippen molar-refractivity contribution in [1.82, 2.24) is 14.8 Å². The third-order valence-corrected chi connectivity index (χ3v) is 3.54. The van der Waals surface area contributed by atoms with Crippen LogP contribution in [0, 0.1) is 10.1 Å². The molecule has 0 aliphatic carbocycles. The van der Waals surface area contributed by atoms with E-state index < -0.39 is 4.92 Å². The normalized spacial score (nSPS) is 10.6. The Labute approximate surface area is 116 Å². The zero-order valence-electron chi connectivity index (χ0n) is 9.08. The van der Waals surface area contributed by atoms with E-state index in [9.17, 15) is 10.1 Å². The minimum atomic E-state index is -0.433. The zero-order chi connectivity index (χ0) is 13.1. The van der Waals surface area contributed by atoms with Crippen LogP contribution in [0.15, 0.2) is 29.0 Å². The van der Waals surface area contributed by atoms with Gasteiger partial charge in [0.15, 0.2) is 0 Å². The van der Waals surface area contributed by atoms with Gasteiger partial charge in [-0.1, -0.05) is 12.1 Å². The van der Waals surface area contributed by atoms with Crippen LogP contribution in [-0.4, -0.2) is 19.7 Å². The molecular weight excluding hydrogens is 323 g/mol. The molecule has 0 fully saturated rings. The Balaban J connectivity index is 2.35. The van der Waals surface area contributed by atoms with Crippen LogP contribution in [0.4, 0.5) is 5.69 Å². The molecule has 0 aliphatic rings. The molecular formula is C10H8BrClN4O2. The van der Waals surface area contributed by atoms with Crippen LogP contribution in [-0.2, 0) is 12.4 Å². The van der Waals surface area contributed by atoms with Gasteiger partial charge in [-0.15, -0.1) is 11.6 Å². The standard InChI is InChI=1S/C10H8BrClN4O2/c11-10-7(2-1-3-8(10)16(17)18)5-15-9(4-12)13-6-14-15/h1-3,6H,4-5H2. The summed E-state index contributed by atoms with van der Waals surface area (Å²) in [6, 6.07) is 4.86. The molecule has 8 heteroatoms. The van der Waals surface area contributed by atoms with Gasteiger partial charge >= 0.3 is 0 Å². The van der Waals surface area contributed by atoms with E-state index in [0.717, 1.165) is 5.56 Å². The zero-order valence-corrected chi connectivity index (χ0v) is 11.4.